The Hall–Kier alpha value is -1.31. The summed E-state index contributed by atoms with van der Waals surface area (Å²) in [5.74, 6) is 0. The van der Waals surface area contributed by atoms with E-state index in [9.17, 15) is 0 Å². The third kappa shape index (κ3) is 3.74. The maximum atomic E-state index is 3.90. The Labute approximate surface area is 81.0 Å². The van der Waals surface area contributed by atoms with Crippen molar-refractivity contribution in [2.24, 2.45) is 4.99 Å². The van der Waals surface area contributed by atoms with Crippen molar-refractivity contribution in [3.63, 3.8) is 0 Å². The van der Waals surface area contributed by atoms with Gasteiger partial charge in [0, 0.05) is 31.7 Å². The van der Waals surface area contributed by atoms with Gasteiger partial charge in [-0.1, -0.05) is 12.7 Å². The molecule has 0 heterocycles. The molecule has 0 spiro atoms. The highest BCUT2D eigenvalue weighted by molar-refractivity contribution is 5.72. The lowest BCUT2D eigenvalue weighted by molar-refractivity contribution is 0.537. The van der Waals surface area contributed by atoms with Crippen molar-refractivity contribution in [3.8, 4) is 0 Å². The van der Waals surface area contributed by atoms with Crippen LogP contribution in [0.5, 0.6) is 0 Å². The Morgan fingerprint density at radius 2 is 2.08 bits per heavy atom. The molecule has 2 heteroatoms. The van der Waals surface area contributed by atoms with Crippen LogP contribution in [-0.2, 0) is 0 Å². The number of likely N-dealkylation sites (N-methyl/N-ethyl adjacent to an activating group) is 1. The summed E-state index contributed by atoms with van der Waals surface area (Å²) in [7, 11) is 3.76. The second kappa shape index (κ2) is 6.23. The fourth-order valence-corrected chi connectivity index (χ4v) is 0.865. The summed E-state index contributed by atoms with van der Waals surface area (Å²) < 4.78 is 0. The molecule has 0 saturated heterocycles. The molecule has 0 aliphatic carbocycles. The Kier molecular flexibility index (Phi) is 5.60. The molecule has 0 saturated carbocycles. The van der Waals surface area contributed by atoms with E-state index in [0.717, 1.165) is 5.70 Å². The topological polar surface area (TPSA) is 15.6 Å². The van der Waals surface area contributed by atoms with Gasteiger partial charge in [0.2, 0.25) is 0 Å². The summed E-state index contributed by atoms with van der Waals surface area (Å²) in [6.45, 7) is 7.82. The fourth-order valence-electron chi connectivity index (χ4n) is 0.865. The maximum Gasteiger partial charge on any atom is 0.0414 e. The number of hydrogen-bond donors (Lipinski definition) is 0. The summed E-state index contributed by atoms with van der Waals surface area (Å²) in [5, 5.41) is 0. The van der Waals surface area contributed by atoms with Crippen LogP contribution in [0.2, 0.25) is 0 Å². The maximum absolute atomic E-state index is 3.90. The SMILES string of the molecule is C=C/C(=C\C=N/C)N(C)/C(C)=C/C. The highest BCUT2D eigenvalue weighted by atomic mass is 15.1. The first-order chi connectivity index (χ1) is 6.17. The van der Waals surface area contributed by atoms with E-state index in [4.69, 9.17) is 0 Å². The Balaban J connectivity index is 4.68. The van der Waals surface area contributed by atoms with E-state index in [-0.39, 0.29) is 0 Å². The standard InChI is InChI=1S/C11H18N2/c1-6-10(3)13(5)11(7-2)8-9-12-4/h6-9H,2H2,1,3-5H3/b10-6+,11-8+,12-9-. The highest BCUT2D eigenvalue weighted by Crippen LogP contribution is 2.09. The first-order valence-corrected chi connectivity index (χ1v) is 4.28. The van der Waals surface area contributed by atoms with Gasteiger partial charge in [0.25, 0.3) is 0 Å². The summed E-state index contributed by atoms with van der Waals surface area (Å²) in [6, 6.07) is 0. The third-order valence-corrected chi connectivity index (χ3v) is 1.94. The fraction of sp³-hybridized carbons (Fsp3) is 0.364. The number of aliphatic imine (C=N–C) groups is 1. The monoisotopic (exact) mass is 178 g/mol. The number of rotatable bonds is 4. The predicted molar refractivity (Wildman–Crippen MR) is 59.9 cm³/mol. The molecular formula is C11H18N2. The van der Waals surface area contributed by atoms with Gasteiger partial charge in [-0.2, -0.15) is 0 Å². The molecular weight excluding hydrogens is 160 g/mol. The second-order valence-corrected chi connectivity index (χ2v) is 2.69. The van der Waals surface area contributed by atoms with Crippen LogP contribution < -0.4 is 0 Å². The molecule has 0 N–H and O–H groups in total. The van der Waals surface area contributed by atoms with E-state index < -0.39 is 0 Å². The van der Waals surface area contributed by atoms with Gasteiger partial charge >= 0.3 is 0 Å². The first kappa shape index (κ1) is 11.7. The minimum atomic E-state index is 1.04. The average Bonchev–Trinajstić information content (AvgIpc) is 2.17. The van der Waals surface area contributed by atoms with Crippen LogP contribution in [0.4, 0.5) is 0 Å². The molecule has 0 unspecified atom stereocenters. The van der Waals surface area contributed by atoms with Crippen LogP contribution in [-0.4, -0.2) is 25.2 Å². The molecule has 0 aromatic carbocycles. The van der Waals surface area contributed by atoms with E-state index in [1.165, 1.54) is 5.70 Å². The number of hydrogen-bond acceptors (Lipinski definition) is 2. The second-order valence-electron chi connectivity index (χ2n) is 2.69. The predicted octanol–water partition coefficient (Wildman–Crippen LogP) is 2.61. The average molecular weight is 178 g/mol. The molecule has 13 heavy (non-hydrogen) atoms. The third-order valence-electron chi connectivity index (χ3n) is 1.94. The van der Waals surface area contributed by atoms with E-state index in [1.807, 2.05) is 26.1 Å². The quantitative estimate of drug-likeness (QED) is 0.477. The lowest BCUT2D eigenvalue weighted by Gasteiger charge is -2.20. The molecule has 0 aliphatic heterocycles. The van der Waals surface area contributed by atoms with Crippen LogP contribution >= 0.6 is 0 Å². The van der Waals surface area contributed by atoms with Crippen molar-refractivity contribution in [2.45, 2.75) is 13.8 Å². The van der Waals surface area contributed by atoms with Gasteiger partial charge in [-0.05, 0) is 26.0 Å². The summed E-state index contributed by atoms with van der Waals surface area (Å²) in [5.41, 5.74) is 2.23. The Bertz CT molecular complexity index is 247. The van der Waals surface area contributed by atoms with Gasteiger partial charge in [0.15, 0.2) is 0 Å². The van der Waals surface area contributed by atoms with E-state index >= 15 is 0 Å². The molecule has 0 aliphatic rings. The normalized spacial score (nSPS) is 13.5. The summed E-state index contributed by atoms with van der Waals surface area (Å²) in [4.78, 5) is 5.96. The van der Waals surface area contributed by atoms with E-state index in [0.29, 0.717) is 0 Å². The Morgan fingerprint density at radius 1 is 1.46 bits per heavy atom. The molecule has 0 aromatic heterocycles. The molecule has 0 amide bonds. The van der Waals surface area contributed by atoms with Crippen LogP contribution in [0, 0.1) is 0 Å². The number of allylic oxidation sites excluding steroid dienone is 4. The van der Waals surface area contributed by atoms with E-state index in [1.54, 1.807) is 13.3 Å². The van der Waals surface area contributed by atoms with Crippen molar-refractivity contribution in [1.29, 1.82) is 0 Å². The Morgan fingerprint density at radius 3 is 2.46 bits per heavy atom. The lowest BCUT2D eigenvalue weighted by Crippen LogP contribution is -2.13. The molecule has 0 rings (SSSR count). The van der Waals surface area contributed by atoms with Crippen molar-refractivity contribution in [1.82, 2.24) is 4.90 Å². The molecule has 72 valence electrons. The molecule has 0 aromatic rings. The van der Waals surface area contributed by atoms with E-state index in [2.05, 4.69) is 29.5 Å². The van der Waals surface area contributed by atoms with Gasteiger partial charge in [0.1, 0.15) is 0 Å². The van der Waals surface area contributed by atoms with Gasteiger partial charge in [-0.3, -0.25) is 4.99 Å². The minimum absolute atomic E-state index is 1.04. The van der Waals surface area contributed by atoms with Crippen LogP contribution in [0.15, 0.2) is 41.2 Å². The zero-order chi connectivity index (χ0) is 10.3. The van der Waals surface area contributed by atoms with Crippen molar-refractivity contribution in [3.05, 3.63) is 36.2 Å². The zero-order valence-corrected chi connectivity index (χ0v) is 8.91. The zero-order valence-electron chi connectivity index (χ0n) is 8.91. The van der Waals surface area contributed by atoms with Crippen LogP contribution in [0.3, 0.4) is 0 Å². The molecule has 2 nitrogen and oxygen atoms in total. The van der Waals surface area contributed by atoms with Gasteiger partial charge < -0.3 is 4.90 Å². The smallest absolute Gasteiger partial charge is 0.0414 e. The summed E-state index contributed by atoms with van der Waals surface area (Å²) in [6.07, 6.45) is 7.56. The van der Waals surface area contributed by atoms with Gasteiger partial charge in [0.05, 0.1) is 0 Å². The molecule has 0 bridgehead atoms. The van der Waals surface area contributed by atoms with Crippen molar-refractivity contribution < 1.29 is 0 Å². The lowest BCUT2D eigenvalue weighted by atomic mass is 10.3. The molecule has 0 fully saturated rings. The molecule has 0 atom stereocenters. The van der Waals surface area contributed by atoms with Crippen molar-refractivity contribution >= 4 is 6.21 Å². The summed E-state index contributed by atoms with van der Waals surface area (Å²) >= 11 is 0. The number of nitrogens with zero attached hydrogens (tertiary/aromatic N) is 2. The molecule has 0 radical (unpaired) electrons. The highest BCUT2D eigenvalue weighted by Gasteiger charge is 1.99. The van der Waals surface area contributed by atoms with Crippen LogP contribution in [0.1, 0.15) is 13.8 Å². The van der Waals surface area contributed by atoms with Gasteiger partial charge in [-0.15, -0.1) is 0 Å². The largest absolute Gasteiger partial charge is 0.349 e. The first-order valence-electron chi connectivity index (χ1n) is 4.28. The van der Waals surface area contributed by atoms with Crippen LogP contribution in [0.25, 0.3) is 0 Å². The van der Waals surface area contributed by atoms with Gasteiger partial charge in [-0.25, -0.2) is 0 Å². The minimum Gasteiger partial charge on any atom is -0.349 e. The van der Waals surface area contributed by atoms with Crippen molar-refractivity contribution in [2.75, 3.05) is 14.1 Å².